The summed E-state index contributed by atoms with van der Waals surface area (Å²) in [5, 5.41) is 0.561. The molecule has 0 spiro atoms. The van der Waals surface area contributed by atoms with E-state index in [9.17, 15) is 0 Å². The Kier molecular flexibility index (Phi) is 5.63. The molecule has 162 valence electrons. The molecule has 6 heteroatoms. The van der Waals surface area contributed by atoms with E-state index in [1.54, 1.807) is 14.2 Å². The normalized spacial score (nSPS) is 23.1. The molecule has 5 nitrogen and oxygen atoms in total. The number of aromatic nitrogens is 2. The Bertz CT molecular complexity index is 1040. The van der Waals surface area contributed by atoms with E-state index in [1.165, 1.54) is 18.4 Å². The van der Waals surface area contributed by atoms with Crippen molar-refractivity contribution in [1.82, 2.24) is 14.5 Å². The molecule has 3 aromatic rings. The zero-order valence-electron chi connectivity index (χ0n) is 18.0. The molecule has 3 heterocycles. The maximum absolute atomic E-state index is 6.44. The number of hydrogen-bond donors (Lipinski definition) is 0. The number of benzene rings is 2. The predicted octanol–water partition coefficient (Wildman–Crippen LogP) is 5.59. The van der Waals surface area contributed by atoms with Gasteiger partial charge in [-0.3, -0.25) is 4.90 Å². The number of methoxy groups -OCH3 is 2. The number of imidazole rings is 1. The topological polar surface area (TPSA) is 39.5 Å². The summed E-state index contributed by atoms with van der Waals surface area (Å²) in [7, 11) is 3.28. The average molecular weight is 438 g/mol. The van der Waals surface area contributed by atoms with Gasteiger partial charge in [-0.2, -0.15) is 0 Å². The molecule has 0 aliphatic carbocycles. The number of rotatable bonds is 6. The lowest BCUT2D eigenvalue weighted by Crippen LogP contribution is -2.42. The van der Waals surface area contributed by atoms with Crippen LogP contribution in [-0.2, 0) is 6.54 Å². The SMILES string of the molecule is COc1cc(OC)c(-c2nccn2[C@H]2C[C@H]3CC[C@@H](C2)N3Cc2ccccc2)cc1Cl. The van der Waals surface area contributed by atoms with Crippen LogP contribution in [0.25, 0.3) is 11.4 Å². The highest BCUT2D eigenvalue weighted by Crippen LogP contribution is 2.44. The fraction of sp³-hybridized carbons (Fsp3) is 0.400. The third-order valence-electron chi connectivity index (χ3n) is 6.84. The summed E-state index contributed by atoms with van der Waals surface area (Å²) in [6.07, 6.45) is 8.80. The van der Waals surface area contributed by atoms with Gasteiger partial charge in [-0.05, 0) is 37.3 Å². The lowest BCUT2D eigenvalue weighted by atomic mass is 9.96. The first-order valence-electron chi connectivity index (χ1n) is 10.9. The van der Waals surface area contributed by atoms with Crippen molar-refractivity contribution in [3.05, 3.63) is 65.4 Å². The minimum atomic E-state index is 0.424. The number of fused-ring (bicyclic) bond motifs is 2. The van der Waals surface area contributed by atoms with Crippen LogP contribution in [0.5, 0.6) is 11.5 Å². The van der Waals surface area contributed by atoms with Crippen LogP contribution < -0.4 is 9.47 Å². The van der Waals surface area contributed by atoms with Gasteiger partial charge < -0.3 is 14.0 Å². The molecular formula is C25H28ClN3O2. The van der Waals surface area contributed by atoms with E-state index in [-0.39, 0.29) is 0 Å². The second-order valence-corrected chi connectivity index (χ2v) is 8.92. The van der Waals surface area contributed by atoms with Gasteiger partial charge in [0.05, 0.1) is 24.8 Å². The summed E-state index contributed by atoms with van der Waals surface area (Å²) in [5.74, 6) is 2.23. The summed E-state index contributed by atoms with van der Waals surface area (Å²) in [4.78, 5) is 7.41. The summed E-state index contributed by atoms with van der Waals surface area (Å²) in [6.45, 7) is 1.04. The van der Waals surface area contributed by atoms with Crippen molar-refractivity contribution >= 4 is 11.6 Å². The monoisotopic (exact) mass is 437 g/mol. The molecule has 2 fully saturated rings. The van der Waals surface area contributed by atoms with Gasteiger partial charge in [0.25, 0.3) is 0 Å². The Morgan fingerprint density at radius 3 is 2.35 bits per heavy atom. The second-order valence-electron chi connectivity index (χ2n) is 8.51. The third kappa shape index (κ3) is 3.81. The van der Waals surface area contributed by atoms with Crippen LogP contribution in [0.15, 0.2) is 54.9 Å². The van der Waals surface area contributed by atoms with E-state index < -0.39 is 0 Å². The van der Waals surface area contributed by atoms with E-state index in [0.29, 0.717) is 28.9 Å². The molecule has 2 aliphatic heterocycles. The van der Waals surface area contributed by atoms with Crippen LogP contribution in [0.3, 0.4) is 0 Å². The van der Waals surface area contributed by atoms with Gasteiger partial charge >= 0.3 is 0 Å². The standard InChI is InChI=1S/C25H28ClN3O2/c1-30-23-15-24(31-2)22(26)14-21(23)25-27-10-11-28(25)20-12-18-8-9-19(13-20)29(18)16-17-6-4-3-5-7-17/h3-7,10-11,14-15,18-20H,8-9,12-13,16H2,1-2H3/t18-,19+,20+. The lowest BCUT2D eigenvalue weighted by Gasteiger charge is -2.40. The Labute approximate surface area is 188 Å². The number of nitrogens with zero attached hydrogens (tertiary/aromatic N) is 3. The molecule has 0 saturated carbocycles. The second kappa shape index (κ2) is 8.56. The van der Waals surface area contributed by atoms with E-state index in [0.717, 1.165) is 36.5 Å². The minimum Gasteiger partial charge on any atom is -0.496 e. The van der Waals surface area contributed by atoms with Crippen molar-refractivity contribution < 1.29 is 9.47 Å². The molecule has 31 heavy (non-hydrogen) atoms. The van der Waals surface area contributed by atoms with Crippen LogP contribution in [0, 0.1) is 0 Å². The average Bonchev–Trinajstić information content (AvgIpc) is 3.36. The van der Waals surface area contributed by atoms with E-state index in [1.807, 2.05) is 18.3 Å². The number of halogens is 1. The van der Waals surface area contributed by atoms with Crippen molar-refractivity contribution in [2.45, 2.75) is 50.4 Å². The maximum atomic E-state index is 6.44. The zero-order valence-corrected chi connectivity index (χ0v) is 18.8. The van der Waals surface area contributed by atoms with E-state index >= 15 is 0 Å². The smallest absolute Gasteiger partial charge is 0.143 e. The van der Waals surface area contributed by atoms with Crippen LogP contribution in [0.2, 0.25) is 5.02 Å². The molecule has 2 bridgehead atoms. The summed E-state index contributed by atoms with van der Waals surface area (Å²) >= 11 is 6.44. The number of piperidine rings is 1. The third-order valence-corrected chi connectivity index (χ3v) is 7.14. The van der Waals surface area contributed by atoms with Crippen molar-refractivity contribution in [2.24, 2.45) is 0 Å². The number of ether oxygens (including phenoxy) is 2. The highest BCUT2D eigenvalue weighted by Gasteiger charge is 2.41. The summed E-state index contributed by atoms with van der Waals surface area (Å²) in [5.41, 5.74) is 2.30. The van der Waals surface area contributed by atoms with E-state index in [4.69, 9.17) is 26.1 Å². The molecular weight excluding hydrogens is 410 g/mol. The van der Waals surface area contributed by atoms with Crippen LogP contribution in [0.4, 0.5) is 0 Å². The molecule has 0 amide bonds. The Hall–Kier alpha value is -2.50. The largest absolute Gasteiger partial charge is 0.496 e. The molecule has 1 aromatic heterocycles. The van der Waals surface area contributed by atoms with Gasteiger partial charge in [-0.15, -0.1) is 0 Å². The molecule has 5 rings (SSSR count). The number of hydrogen-bond acceptors (Lipinski definition) is 4. The van der Waals surface area contributed by atoms with Gasteiger partial charge in [0.2, 0.25) is 0 Å². The van der Waals surface area contributed by atoms with Crippen LogP contribution in [-0.4, -0.2) is 40.8 Å². The quantitative estimate of drug-likeness (QED) is 0.504. The highest BCUT2D eigenvalue weighted by molar-refractivity contribution is 6.32. The molecule has 2 aromatic carbocycles. The van der Waals surface area contributed by atoms with Crippen molar-refractivity contribution in [1.29, 1.82) is 0 Å². The Balaban J connectivity index is 1.41. The Morgan fingerprint density at radius 1 is 0.968 bits per heavy atom. The van der Waals surface area contributed by atoms with E-state index in [2.05, 4.69) is 46.0 Å². The first-order valence-corrected chi connectivity index (χ1v) is 11.3. The molecule has 2 aliphatic rings. The molecule has 0 radical (unpaired) electrons. The van der Waals surface area contributed by atoms with Crippen LogP contribution >= 0.6 is 11.6 Å². The predicted molar refractivity (Wildman–Crippen MR) is 123 cm³/mol. The van der Waals surface area contributed by atoms with Gasteiger partial charge in [0, 0.05) is 43.1 Å². The zero-order chi connectivity index (χ0) is 21.4. The highest BCUT2D eigenvalue weighted by atomic mass is 35.5. The van der Waals surface area contributed by atoms with Crippen molar-refractivity contribution in [2.75, 3.05) is 14.2 Å². The first kappa shape index (κ1) is 20.4. The molecule has 3 atom stereocenters. The fourth-order valence-electron chi connectivity index (χ4n) is 5.38. The Morgan fingerprint density at radius 2 is 1.68 bits per heavy atom. The first-order chi connectivity index (χ1) is 15.2. The lowest BCUT2D eigenvalue weighted by molar-refractivity contribution is 0.0998. The van der Waals surface area contributed by atoms with Gasteiger partial charge in [0.1, 0.15) is 17.3 Å². The summed E-state index contributed by atoms with van der Waals surface area (Å²) in [6, 6.07) is 16.2. The van der Waals surface area contributed by atoms with Gasteiger partial charge in [-0.25, -0.2) is 4.98 Å². The van der Waals surface area contributed by atoms with Crippen molar-refractivity contribution in [3.8, 4) is 22.9 Å². The molecule has 0 N–H and O–H groups in total. The van der Waals surface area contributed by atoms with Crippen LogP contribution in [0.1, 0.15) is 37.3 Å². The van der Waals surface area contributed by atoms with Gasteiger partial charge in [0.15, 0.2) is 0 Å². The van der Waals surface area contributed by atoms with Crippen molar-refractivity contribution in [3.63, 3.8) is 0 Å². The molecule has 0 unspecified atom stereocenters. The fourth-order valence-corrected chi connectivity index (χ4v) is 5.62. The van der Waals surface area contributed by atoms with Gasteiger partial charge in [-0.1, -0.05) is 41.9 Å². The maximum Gasteiger partial charge on any atom is 0.143 e. The minimum absolute atomic E-state index is 0.424. The molecule has 2 saturated heterocycles. The summed E-state index contributed by atoms with van der Waals surface area (Å²) < 4.78 is 13.3.